The molecule has 3 aromatic carbocycles. The first-order valence-corrected chi connectivity index (χ1v) is 13.5. The fraction of sp³-hybridized carbons (Fsp3) is 0.0385. The number of aromatic nitrogens is 3. The summed E-state index contributed by atoms with van der Waals surface area (Å²) in [6.45, 7) is 0. The summed E-state index contributed by atoms with van der Waals surface area (Å²) in [6.07, 6.45) is 1.44. The summed E-state index contributed by atoms with van der Waals surface area (Å²) in [5.41, 5.74) is 6.25. The third-order valence-electron chi connectivity index (χ3n) is 5.52. The number of sulfonamides is 1. The van der Waals surface area contributed by atoms with Crippen molar-refractivity contribution in [1.29, 1.82) is 0 Å². The van der Waals surface area contributed by atoms with Crippen molar-refractivity contribution in [2.75, 3.05) is 17.6 Å². The van der Waals surface area contributed by atoms with E-state index in [4.69, 9.17) is 10.5 Å². The van der Waals surface area contributed by atoms with Gasteiger partial charge in [-0.25, -0.2) is 36.5 Å². The summed E-state index contributed by atoms with van der Waals surface area (Å²) in [5.74, 6) is -3.67. The van der Waals surface area contributed by atoms with Crippen molar-refractivity contribution in [3.63, 3.8) is 0 Å². The van der Waals surface area contributed by atoms with Crippen LogP contribution in [0.4, 0.5) is 24.8 Å². The molecule has 0 spiro atoms. The normalized spacial score (nSPS) is 11.4. The van der Waals surface area contributed by atoms with Crippen LogP contribution in [0.1, 0.15) is 0 Å². The van der Waals surface area contributed by atoms with Crippen molar-refractivity contribution in [2.45, 2.75) is 4.90 Å². The minimum Gasteiger partial charge on any atom is -0.497 e. The second-order valence-electron chi connectivity index (χ2n) is 8.06. The van der Waals surface area contributed by atoms with Gasteiger partial charge in [0.2, 0.25) is 5.95 Å². The van der Waals surface area contributed by atoms with E-state index in [1.165, 1.54) is 30.7 Å². The molecular formula is C26H18F3N5O3S2. The van der Waals surface area contributed by atoms with Crippen molar-refractivity contribution >= 4 is 33.0 Å². The van der Waals surface area contributed by atoms with Gasteiger partial charge in [-0.15, -0.1) is 11.3 Å². The van der Waals surface area contributed by atoms with Gasteiger partial charge in [-0.1, -0.05) is 36.4 Å². The van der Waals surface area contributed by atoms with Crippen LogP contribution in [0.15, 0.2) is 77.8 Å². The monoisotopic (exact) mass is 569 g/mol. The average molecular weight is 570 g/mol. The molecule has 0 aliphatic heterocycles. The van der Waals surface area contributed by atoms with E-state index in [1.54, 1.807) is 6.07 Å². The second-order valence-corrected chi connectivity index (χ2v) is 10.7. The number of thiazole rings is 1. The number of hydrogen-bond donors (Lipinski definition) is 2. The molecule has 3 N–H and O–H groups in total. The third kappa shape index (κ3) is 5.13. The lowest BCUT2D eigenvalue weighted by Crippen LogP contribution is -2.17. The number of nitrogens with one attached hydrogen (secondary N) is 1. The van der Waals surface area contributed by atoms with Crippen LogP contribution in [0.5, 0.6) is 5.75 Å². The van der Waals surface area contributed by atoms with Gasteiger partial charge in [-0.05, 0) is 24.3 Å². The molecule has 0 atom stereocenters. The Bertz CT molecular complexity index is 1780. The molecule has 13 heteroatoms. The number of benzene rings is 3. The molecule has 0 fully saturated rings. The Morgan fingerprint density at radius 1 is 0.949 bits per heavy atom. The van der Waals surface area contributed by atoms with Crippen LogP contribution < -0.4 is 15.2 Å². The largest absolute Gasteiger partial charge is 0.497 e. The zero-order valence-electron chi connectivity index (χ0n) is 20.0. The Morgan fingerprint density at radius 3 is 2.33 bits per heavy atom. The number of nitrogens with two attached hydrogens (primary N) is 1. The number of rotatable bonds is 7. The lowest BCUT2D eigenvalue weighted by Gasteiger charge is -2.14. The van der Waals surface area contributed by atoms with Gasteiger partial charge in [0.25, 0.3) is 10.0 Å². The zero-order chi connectivity index (χ0) is 27.7. The first-order valence-electron chi connectivity index (χ1n) is 11.2. The molecule has 0 radical (unpaired) electrons. The van der Waals surface area contributed by atoms with Gasteiger partial charge in [0.1, 0.15) is 22.4 Å². The predicted octanol–water partition coefficient (Wildman–Crippen LogP) is 5.74. The molecule has 0 bridgehead atoms. The molecule has 5 aromatic rings. The molecule has 5 rings (SSSR count). The highest BCUT2D eigenvalue weighted by Gasteiger charge is 2.28. The van der Waals surface area contributed by atoms with Crippen LogP contribution in [0.3, 0.4) is 0 Å². The predicted molar refractivity (Wildman–Crippen MR) is 142 cm³/mol. The molecule has 0 saturated carbocycles. The maximum atomic E-state index is 16.0. The molecule has 39 heavy (non-hydrogen) atoms. The zero-order valence-corrected chi connectivity index (χ0v) is 21.7. The number of hydrogen-bond acceptors (Lipinski definition) is 8. The summed E-state index contributed by atoms with van der Waals surface area (Å²) in [7, 11) is -3.58. The Kier molecular flexibility index (Phi) is 6.93. The molecular weight excluding hydrogens is 551 g/mol. The molecule has 0 amide bonds. The highest BCUT2D eigenvalue weighted by atomic mass is 32.2. The highest BCUT2D eigenvalue weighted by molar-refractivity contribution is 7.92. The van der Waals surface area contributed by atoms with Crippen LogP contribution in [-0.4, -0.2) is 30.5 Å². The molecule has 0 unspecified atom stereocenters. The van der Waals surface area contributed by atoms with E-state index < -0.39 is 38.1 Å². The second kappa shape index (κ2) is 10.3. The number of methoxy groups -OCH3 is 1. The molecule has 198 valence electrons. The third-order valence-corrected chi connectivity index (χ3v) is 8.07. The van der Waals surface area contributed by atoms with E-state index in [-0.39, 0.29) is 23.0 Å². The highest BCUT2D eigenvalue weighted by Crippen LogP contribution is 2.43. The minimum absolute atomic E-state index is 0.0143. The van der Waals surface area contributed by atoms with Crippen LogP contribution >= 0.6 is 11.3 Å². The number of halogens is 3. The van der Waals surface area contributed by atoms with E-state index in [1.807, 2.05) is 35.1 Å². The Balaban J connectivity index is 1.70. The van der Waals surface area contributed by atoms with Crippen molar-refractivity contribution < 1.29 is 26.3 Å². The van der Waals surface area contributed by atoms with E-state index in [0.29, 0.717) is 15.6 Å². The quantitative estimate of drug-likeness (QED) is 0.256. The van der Waals surface area contributed by atoms with Gasteiger partial charge in [-0.3, -0.25) is 4.72 Å². The lowest BCUT2D eigenvalue weighted by molar-refractivity contribution is 0.414. The van der Waals surface area contributed by atoms with E-state index >= 15 is 4.39 Å². The van der Waals surface area contributed by atoms with Gasteiger partial charge in [-0.2, -0.15) is 0 Å². The Labute approximate surface area is 225 Å². The van der Waals surface area contributed by atoms with Gasteiger partial charge >= 0.3 is 0 Å². The number of anilines is 2. The molecule has 2 heterocycles. The smallest absolute Gasteiger partial charge is 0.267 e. The lowest BCUT2D eigenvalue weighted by atomic mass is 10.1. The molecule has 0 saturated heterocycles. The summed E-state index contributed by atoms with van der Waals surface area (Å²) in [6, 6.07) is 15.7. The van der Waals surface area contributed by atoms with Gasteiger partial charge in [0, 0.05) is 23.4 Å². The molecule has 2 aromatic heterocycles. The Hall–Kier alpha value is -4.49. The average Bonchev–Trinajstić information content (AvgIpc) is 3.35. The van der Waals surface area contributed by atoms with E-state index in [9.17, 15) is 17.2 Å². The standard InChI is InChI=1S/C26H18F3N5O3S2/c1-37-15-12-16(21(29)20(13-15)34-39(35,36)24-17(27)8-5-9-18(24)28)22-23(19-10-11-31-26(30)32-19)38-25(33-22)14-6-3-2-4-7-14/h2-13,34H,1H3,(H2,30,31,32). The van der Waals surface area contributed by atoms with E-state index in [2.05, 4.69) is 15.0 Å². The van der Waals surface area contributed by atoms with E-state index in [0.717, 1.165) is 29.8 Å². The fourth-order valence-electron chi connectivity index (χ4n) is 3.78. The number of ether oxygens (including phenoxy) is 1. The van der Waals surface area contributed by atoms with Gasteiger partial charge < -0.3 is 10.5 Å². The number of nitrogen functional groups attached to an aromatic ring is 1. The molecule has 0 aliphatic rings. The summed E-state index contributed by atoms with van der Waals surface area (Å²) < 4.78 is 77.6. The van der Waals surface area contributed by atoms with Crippen molar-refractivity contribution in [3.8, 4) is 38.1 Å². The van der Waals surface area contributed by atoms with Crippen molar-refractivity contribution in [2.24, 2.45) is 0 Å². The van der Waals surface area contributed by atoms with Crippen molar-refractivity contribution in [3.05, 3.63) is 90.4 Å². The Morgan fingerprint density at radius 2 is 1.67 bits per heavy atom. The van der Waals surface area contributed by atoms with Gasteiger partial charge in [0.15, 0.2) is 10.7 Å². The summed E-state index contributed by atoms with van der Waals surface area (Å²) in [5, 5.41) is 0.524. The topological polar surface area (TPSA) is 120 Å². The maximum Gasteiger partial charge on any atom is 0.267 e. The molecule has 8 nitrogen and oxygen atoms in total. The van der Waals surface area contributed by atoms with Crippen LogP contribution in [-0.2, 0) is 10.0 Å². The first kappa shape index (κ1) is 26.1. The SMILES string of the molecule is COc1cc(NS(=O)(=O)c2c(F)cccc2F)c(F)c(-c2nc(-c3ccccc3)sc2-c2ccnc(N)n2)c1. The maximum absolute atomic E-state index is 16.0. The first-order chi connectivity index (χ1) is 18.7. The van der Waals surface area contributed by atoms with Crippen LogP contribution in [0.25, 0.3) is 32.4 Å². The molecule has 0 aliphatic carbocycles. The number of nitrogens with zero attached hydrogens (tertiary/aromatic N) is 3. The van der Waals surface area contributed by atoms with Crippen molar-refractivity contribution in [1.82, 2.24) is 15.0 Å². The fourth-order valence-corrected chi connectivity index (χ4v) is 6.02. The van der Waals surface area contributed by atoms with Gasteiger partial charge in [0.05, 0.1) is 29.1 Å². The summed E-state index contributed by atoms with van der Waals surface area (Å²) in [4.78, 5) is 11.9. The summed E-state index contributed by atoms with van der Waals surface area (Å²) >= 11 is 1.21. The van der Waals surface area contributed by atoms with Crippen LogP contribution in [0.2, 0.25) is 0 Å². The minimum atomic E-state index is -4.88. The van der Waals surface area contributed by atoms with Crippen LogP contribution in [0, 0.1) is 17.5 Å².